The molecule has 0 radical (unpaired) electrons. The number of hydrogen-bond donors (Lipinski definition) is 1. The van der Waals surface area contributed by atoms with E-state index in [0.717, 1.165) is 5.57 Å². The molecule has 5 heteroatoms. The number of hydrogen-bond acceptors (Lipinski definition) is 4. The lowest BCUT2D eigenvalue weighted by Gasteiger charge is -2.18. The molecule has 5 nitrogen and oxygen atoms in total. The fraction of sp³-hybridized carbons (Fsp3) is 0.667. The van der Waals surface area contributed by atoms with Gasteiger partial charge in [0.2, 0.25) is 0 Å². The number of allylic oxidation sites excluding steroid dienone is 2. The highest BCUT2D eigenvalue weighted by molar-refractivity contribution is 5.76. The molecule has 96 valence electrons. The minimum absolute atomic E-state index is 0.221. The van der Waals surface area contributed by atoms with Crippen LogP contribution in [0.15, 0.2) is 11.6 Å². The number of nitrogens with one attached hydrogen (secondary N) is 1. The van der Waals surface area contributed by atoms with Crippen LogP contribution in [0.4, 0.5) is 4.79 Å². The van der Waals surface area contributed by atoms with Crippen molar-refractivity contribution in [1.82, 2.24) is 5.32 Å². The maximum Gasteiger partial charge on any atom is 0.407 e. The van der Waals surface area contributed by atoms with Crippen molar-refractivity contribution in [2.24, 2.45) is 5.92 Å². The van der Waals surface area contributed by atoms with Crippen LogP contribution >= 0.6 is 0 Å². The molecule has 0 aromatic rings. The Morgan fingerprint density at radius 1 is 1.65 bits per heavy atom. The van der Waals surface area contributed by atoms with Crippen LogP contribution in [0.1, 0.15) is 27.2 Å². The van der Waals surface area contributed by atoms with E-state index < -0.39 is 6.09 Å². The van der Waals surface area contributed by atoms with E-state index in [2.05, 4.69) is 5.32 Å². The molecule has 0 saturated carbocycles. The van der Waals surface area contributed by atoms with Crippen molar-refractivity contribution in [1.29, 1.82) is 0 Å². The summed E-state index contributed by atoms with van der Waals surface area (Å²) in [6, 6.07) is -0.294. The normalized spacial score (nSPS) is 20.2. The summed E-state index contributed by atoms with van der Waals surface area (Å²) < 4.78 is 9.81. The smallest absolute Gasteiger partial charge is 0.407 e. The molecular weight excluding hydrogens is 222 g/mol. The SMILES string of the molecule is CCOC(=O)[C@@H](CC=C(C)C)[C@H]1COC(=O)N1. The molecule has 1 aliphatic rings. The van der Waals surface area contributed by atoms with E-state index in [1.165, 1.54) is 0 Å². The quantitative estimate of drug-likeness (QED) is 0.587. The molecule has 0 aromatic carbocycles. The van der Waals surface area contributed by atoms with Crippen molar-refractivity contribution < 1.29 is 19.1 Å². The van der Waals surface area contributed by atoms with Crippen molar-refractivity contribution in [3.8, 4) is 0 Å². The van der Waals surface area contributed by atoms with Crippen molar-refractivity contribution >= 4 is 12.1 Å². The third-order valence-electron chi connectivity index (χ3n) is 2.55. The maximum absolute atomic E-state index is 11.8. The van der Waals surface area contributed by atoms with E-state index in [1.807, 2.05) is 19.9 Å². The zero-order valence-electron chi connectivity index (χ0n) is 10.5. The van der Waals surface area contributed by atoms with E-state index in [0.29, 0.717) is 13.0 Å². The zero-order valence-corrected chi connectivity index (χ0v) is 10.5. The number of rotatable bonds is 5. The summed E-state index contributed by atoms with van der Waals surface area (Å²) in [5.41, 5.74) is 1.13. The first-order valence-electron chi connectivity index (χ1n) is 5.78. The Labute approximate surface area is 101 Å². The van der Waals surface area contributed by atoms with Gasteiger partial charge in [-0.2, -0.15) is 0 Å². The molecule has 1 saturated heterocycles. The molecule has 17 heavy (non-hydrogen) atoms. The van der Waals surface area contributed by atoms with E-state index >= 15 is 0 Å². The molecule has 1 aliphatic heterocycles. The molecule has 1 heterocycles. The van der Waals surface area contributed by atoms with Gasteiger partial charge in [-0.1, -0.05) is 11.6 Å². The molecule has 0 unspecified atom stereocenters. The Morgan fingerprint density at radius 3 is 2.82 bits per heavy atom. The van der Waals surface area contributed by atoms with Gasteiger partial charge in [-0.3, -0.25) is 4.79 Å². The summed E-state index contributed by atoms with van der Waals surface area (Å²) in [6.07, 6.45) is 2.04. The van der Waals surface area contributed by atoms with E-state index in [-0.39, 0.29) is 24.5 Å². The van der Waals surface area contributed by atoms with Crippen LogP contribution in [0.5, 0.6) is 0 Å². The lowest BCUT2D eigenvalue weighted by Crippen LogP contribution is -2.39. The monoisotopic (exact) mass is 241 g/mol. The predicted molar refractivity (Wildman–Crippen MR) is 62.4 cm³/mol. The first-order valence-corrected chi connectivity index (χ1v) is 5.78. The van der Waals surface area contributed by atoms with Gasteiger partial charge < -0.3 is 14.8 Å². The van der Waals surface area contributed by atoms with Gasteiger partial charge in [0.15, 0.2) is 0 Å². The Hall–Kier alpha value is -1.52. The minimum Gasteiger partial charge on any atom is -0.466 e. The highest BCUT2D eigenvalue weighted by Crippen LogP contribution is 2.17. The van der Waals surface area contributed by atoms with Crippen molar-refractivity contribution in [3.63, 3.8) is 0 Å². The highest BCUT2D eigenvalue weighted by Gasteiger charge is 2.35. The van der Waals surface area contributed by atoms with Crippen LogP contribution in [0.2, 0.25) is 0 Å². The molecule has 1 amide bonds. The molecule has 0 spiro atoms. The van der Waals surface area contributed by atoms with Gasteiger partial charge in [-0.25, -0.2) is 4.79 Å². The molecule has 0 bridgehead atoms. The zero-order chi connectivity index (χ0) is 12.8. The highest BCUT2D eigenvalue weighted by atomic mass is 16.6. The number of esters is 1. The van der Waals surface area contributed by atoms with E-state index in [9.17, 15) is 9.59 Å². The maximum atomic E-state index is 11.8. The van der Waals surface area contributed by atoms with Gasteiger partial charge in [0.1, 0.15) is 6.61 Å². The number of carbonyl (C=O) groups excluding carboxylic acids is 2. The second-order valence-corrected chi connectivity index (χ2v) is 4.23. The molecular formula is C12H19NO4. The average molecular weight is 241 g/mol. The fourth-order valence-electron chi connectivity index (χ4n) is 1.65. The van der Waals surface area contributed by atoms with Gasteiger partial charge >= 0.3 is 12.1 Å². The summed E-state index contributed by atoms with van der Waals surface area (Å²) in [5, 5.41) is 2.63. The third kappa shape index (κ3) is 4.09. The summed E-state index contributed by atoms with van der Waals surface area (Å²) in [5.74, 6) is -0.669. The second-order valence-electron chi connectivity index (χ2n) is 4.23. The molecule has 1 fully saturated rings. The number of amides is 1. The van der Waals surface area contributed by atoms with Crippen LogP contribution in [-0.4, -0.2) is 31.3 Å². The van der Waals surface area contributed by atoms with Gasteiger partial charge in [-0.15, -0.1) is 0 Å². The second kappa shape index (κ2) is 6.27. The van der Waals surface area contributed by atoms with Crippen LogP contribution in [0.3, 0.4) is 0 Å². The predicted octanol–water partition coefficient (Wildman–Crippen LogP) is 1.63. The number of cyclic esters (lactones) is 1. The molecule has 1 N–H and O–H groups in total. The first-order chi connectivity index (χ1) is 8.04. The summed E-state index contributed by atoms with van der Waals surface area (Å²) in [7, 11) is 0. The largest absolute Gasteiger partial charge is 0.466 e. The lowest BCUT2D eigenvalue weighted by molar-refractivity contribution is -0.148. The Bertz CT molecular complexity index is 320. The molecule has 2 atom stereocenters. The van der Waals surface area contributed by atoms with Crippen molar-refractivity contribution in [2.45, 2.75) is 33.2 Å². The number of ether oxygens (including phenoxy) is 2. The Morgan fingerprint density at radius 2 is 2.35 bits per heavy atom. The number of alkyl carbamates (subject to hydrolysis) is 1. The number of carbonyl (C=O) groups is 2. The molecule has 0 aliphatic carbocycles. The summed E-state index contributed by atoms with van der Waals surface area (Å²) in [6.45, 7) is 6.25. The van der Waals surface area contributed by atoms with Crippen molar-refractivity contribution in [3.05, 3.63) is 11.6 Å². The van der Waals surface area contributed by atoms with Crippen LogP contribution in [-0.2, 0) is 14.3 Å². The van der Waals surface area contributed by atoms with Gasteiger partial charge in [0.25, 0.3) is 0 Å². The Kier molecular flexibility index (Phi) is 5.00. The lowest BCUT2D eigenvalue weighted by atomic mass is 9.96. The molecule has 0 aromatic heterocycles. The first kappa shape index (κ1) is 13.5. The van der Waals surface area contributed by atoms with Gasteiger partial charge in [0, 0.05) is 0 Å². The Balaban J connectivity index is 2.67. The minimum atomic E-state index is -0.471. The topological polar surface area (TPSA) is 64.6 Å². The van der Waals surface area contributed by atoms with Crippen LogP contribution in [0.25, 0.3) is 0 Å². The van der Waals surface area contributed by atoms with E-state index in [1.54, 1.807) is 6.92 Å². The van der Waals surface area contributed by atoms with E-state index in [4.69, 9.17) is 9.47 Å². The summed E-state index contributed by atoms with van der Waals surface area (Å²) >= 11 is 0. The van der Waals surface area contributed by atoms with Gasteiger partial charge in [-0.05, 0) is 27.2 Å². The van der Waals surface area contributed by atoms with Crippen LogP contribution < -0.4 is 5.32 Å². The van der Waals surface area contributed by atoms with Crippen molar-refractivity contribution in [2.75, 3.05) is 13.2 Å². The summed E-state index contributed by atoms with van der Waals surface area (Å²) in [4.78, 5) is 22.8. The molecule has 1 rings (SSSR count). The van der Waals surface area contributed by atoms with Crippen LogP contribution in [0, 0.1) is 5.92 Å². The van der Waals surface area contributed by atoms with Gasteiger partial charge in [0.05, 0.1) is 18.6 Å². The average Bonchev–Trinajstić information content (AvgIpc) is 2.65. The standard InChI is InChI=1S/C12H19NO4/c1-4-16-11(14)9(6-5-8(2)3)10-7-17-12(15)13-10/h5,9-10H,4,6-7H2,1-3H3,(H,13,15)/t9-,10+/m0/s1. The third-order valence-corrected chi connectivity index (χ3v) is 2.55. The fourth-order valence-corrected chi connectivity index (χ4v) is 1.65.